The van der Waals surface area contributed by atoms with Crippen LogP contribution in [0.1, 0.15) is 58.9 Å². The van der Waals surface area contributed by atoms with Crippen LogP contribution in [0.4, 0.5) is 11.6 Å². The lowest BCUT2D eigenvalue weighted by molar-refractivity contribution is 0.512. The summed E-state index contributed by atoms with van der Waals surface area (Å²) < 4.78 is 0. The van der Waals surface area contributed by atoms with Gasteiger partial charge in [-0.3, -0.25) is 0 Å². The second-order valence-electron chi connectivity index (χ2n) is 6.27. The lowest BCUT2D eigenvalue weighted by Gasteiger charge is -2.34. The molecule has 4 nitrogen and oxygen atoms in total. The van der Waals surface area contributed by atoms with Crippen LogP contribution in [0.5, 0.6) is 0 Å². The molecular formula is C16H28N4. The fourth-order valence-corrected chi connectivity index (χ4v) is 3.01. The first-order valence-electron chi connectivity index (χ1n) is 7.95. The van der Waals surface area contributed by atoms with Crippen molar-refractivity contribution < 1.29 is 0 Å². The van der Waals surface area contributed by atoms with Crippen molar-refractivity contribution in [1.82, 2.24) is 9.97 Å². The van der Waals surface area contributed by atoms with Gasteiger partial charge in [0, 0.05) is 24.2 Å². The summed E-state index contributed by atoms with van der Waals surface area (Å²) in [5, 5.41) is 3.46. The number of nitrogens with one attached hydrogen (secondary N) is 1. The zero-order valence-electron chi connectivity index (χ0n) is 13.4. The molecule has 1 aliphatic heterocycles. The molecule has 20 heavy (non-hydrogen) atoms. The van der Waals surface area contributed by atoms with Crippen LogP contribution in [0.3, 0.4) is 0 Å². The van der Waals surface area contributed by atoms with Crippen molar-refractivity contribution in [3.63, 3.8) is 0 Å². The summed E-state index contributed by atoms with van der Waals surface area (Å²) in [6.07, 6.45) is 7.46. The minimum atomic E-state index is 0.207. The highest BCUT2D eigenvalue weighted by molar-refractivity contribution is 5.60. The fourth-order valence-electron chi connectivity index (χ4n) is 3.01. The second-order valence-corrected chi connectivity index (χ2v) is 6.27. The maximum Gasteiger partial charge on any atom is 0.137 e. The first-order valence-corrected chi connectivity index (χ1v) is 7.95. The van der Waals surface area contributed by atoms with Gasteiger partial charge in [-0.2, -0.15) is 0 Å². The van der Waals surface area contributed by atoms with Crippen molar-refractivity contribution >= 4 is 11.6 Å². The van der Waals surface area contributed by atoms with Crippen LogP contribution in [0.25, 0.3) is 0 Å². The molecule has 1 aromatic rings. The number of rotatable bonds is 6. The highest BCUT2D eigenvalue weighted by atomic mass is 15.3. The van der Waals surface area contributed by atoms with Gasteiger partial charge in [0.15, 0.2) is 0 Å². The SMILES string of the molecule is CCCNc1ncnc(N2CCCC2(C)C)c1CCC. The van der Waals surface area contributed by atoms with Crippen molar-refractivity contribution in [2.24, 2.45) is 0 Å². The molecule has 0 aliphatic carbocycles. The molecule has 0 radical (unpaired) electrons. The van der Waals surface area contributed by atoms with E-state index in [2.05, 4.69) is 47.9 Å². The van der Waals surface area contributed by atoms with Gasteiger partial charge >= 0.3 is 0 Å². The van der Waals surface area contributed by atoms with Gasteiger partial charge in [0.25, 0.3) is 0 Å². The van der Waals surface area contributed by atoms with E-state index in [0.29, 0.717) is 0 Å². The summed E-state index contributed by atoms with van der Waals surface area (Å²) in [5.41, 5.74) is 1.50. The van der Waals surface area contributed by atoms with E-state index < -0.39 is 0 Å². The van der Waals surface area contributed by atoms with E-state index in [0.717, 1.165) is 44.0 Å². The third kappa shape index (κ3) is 3.05. The second kappa shape index (κ2) is 6.42. The smallest absolute Gasteiger partial charge is 0.137 e. The molecule has 4 heteroatoms. The van der Waals surface area contributed by atoms with Crippen molar-refractivity contribution in [2.45, 2.75) is 65.3 Å². The quantitative estimate of drug-likeness (QED) is 0.861. The number of hydrogen-bond acceptors (Lipinski definition) is 4. The Labute approximate surface area is 123 Å². The van der Waals surface area contributed by atoms with Crippen LogP contribution in [0.15, 0.2) is 6.33 Å². The van der Waals surface area contributed by atoms with Crippen LogP contribution in [-0.4, -0.2) is 28.6 Å². The Balaban J connectivity index is 2.36. The Hall–Kier alpha value is -1.32. The van der Waals surface area contributed by atoms with E-state index >= 15 is 0 Å². The third-order valence-corrected chi connectivity index (χ3v) is 4.12. The maximum atomic E-state index is 4.62. The van der Waals surface area contributed by atoms with Crippen LogP contribution in [0.2, 0.25) is 0 Å². The zero-order chi connectivity index (χ0) is 14.6. The molecule has 1 fully saturated rings. The molecule has 2 rings (SSSR count). The van der Waals surface area contributed by atoms with Crippen LogP contribution >= 0.6 is 0 Å². The molecule has 0 spiro atoms. The highest BCUT2D eigenvalue weighted by Gasteiger charge is 2.34. The molecule has 0 unspecified atom stereocenters. The van der Waals surface area contributed by atoms with Crippen molar-refractivity contribution in [1.29, 1.82) is 0 Å². The van der Waals surface area contributed by atoms with Gasteiger partial charge in [-0.1, -0.05) is 20.3 Å². The van der Waals surface area contributed by atoms with Crippen LogP contribution in [-0.2, 0) is 6.42 Å². The van der Waals surface area contributed by atoms with Crippen LogP contribution < -0.4 is 10.2 Å². The van der Waals surface area contributed by atoms with Gasteiger partial charge in [0.1, 0.15) is 18.0 Å². The molecule has 0 saturated carbocycles. The average molecular weight is 276 g/mol. The van der Waals surface area contributed by atoms with Crippen LogP contribution in [0, 0.1) is 0 Å². The number of aromatic nitrogens is 2. The van der Waals surface area contributed by atoms with Gasteiger partial charge in [-0.05, 0) is 39.5 Å². The molecule has 1 aromatic heterocycles. The molecule has 0 bridgehead atoms. The first kappa shape index (κ1) is 15.1. The lowest BCUT2D eigenvalue weighted by Crippen LogP contribution is -2.39. The summed E-state index contributed by atoms with van der Waals surface area (Å²) in [7, 11) is 0. The van der Waals surface area contributed by atoms with E-state index in [1.807, 2.05) is 0 Å². The van der Waals surface area contributed by atoms with E-state index in [9.17, 15) is 0 Å². The standard InChI is InChI=1S/C16H28N4/c1-5-8-13-14(17-10-6-2)18-12-19-15(13)20-11-7-9-16(20,3)4/h12H,5-11H2,1-4H3,(H,17,18,19). The van der Waals surface area contributed by atoms with E-state index in [4.69, 9.17) is 0 Å². The Morgan fingerprint density at radius 3 is 2.65 bits per heavy atom. The molecule has 0 amide bonds. The Bertz CT molecular complexity index is 442. The van der Waals surface area contributed by atoms with Crippen molar-refractivity contribution in [3.8, 4) is 0 Å². The number of hydrogen-bond donors (Lipinski definition) is 1. The first-order chi connectivity index (χ1) is 9.60. The van der Waals surface area contributed by atoms with Gasteiger partial charge < -0.3 is 10.2 Å². The highest BCUT2D eigenvalue weighted by Crippen LogP contribution is 2.36. The molecule has 0 aromatic carbocycles. The van der Waals surface area contributed by atoms with Crippen molar-refractivity contribution in [2.75, 3.05) is 23.3 Å². The molecule has 0 atom stereocenters. The molecule has 1 aliphatic rings. The summed E-state index contributed by atoms with van der Waals surface area (Å²) in [5.74, 6) is 2.17. The van der Waals surface area contributed by atoms with Gasteiger partial charge in [0.05, 0.1) is 0 Å². The van der Waals surface area contributed by atoms with E-state index in [1.165, 1.54) is 18.4 Å². The van der Waals surface area contributed by atoms with Gasteiger partial charge in [-0.25, -0.2) is 9.97 Å². The zero-order valence-corrected chi connectivity index (χ0v) is 13.4. The van der Waals surface area contributed by atoms with E-state index in [1.54, 1.807) is 6.33 Å². The minimum absolute atomic E-state index is 0.207. The predicted molar refractivity (Wildman–Crippen MR) is 85.5 cm³/mol. The summed E-state index contributed by atoms with van der Waals surface area (Å²) in [4.78, 5) is 11.6. The largest absolute Gasteiger partial charge is 0.370 e. The normalized spacial score (nSPS) is 17.5. The lowest BCUT2D eigenvalue weighted by atomic mass is 10.0. The van der Waals surface area contributed by atoms with Crippen molar-refractivity contribution in [3.05, 3.63) is 11.9 Å². The maximum absolute atomic E-state index is 4.62. The summed E-state index contributed by atoms with van der Waals surface area (Å²) >= 11 is 0. The van der Waals surface area contributed by atoms with Gasteiger partial charge in [-0.15, -0.1) is 0 Å². The van der Waals surface area contributed by atoms with Gasteiger partial charge in [0.2, 0.25) is 0 Å². The third-order valence-electron chi connectivity index (χ3n) is 4.12. The topological polar surface area (TPSA) is 41.1 Å². The minimum Gasteiger partial charge on any atom is -0.370 e. The molecule has 112 valence electrons. The Kier molecular flexibility index (Phi) is 4.84. The summed E-state index contributed by atoms with van der Waals surface area (Å²) in [6.45, 7) is 11.1. The summed E-state index contributed by atoms with van der Waals surface area (Å²) in [6, 6.07) is 0. The fraction of sp³-hybridized carbons (Fsp3) is 0.750. The predicted octanol–water partition coefficient (Wildman–Crippen LogP) is 3.63. The monoisotopic (exact) mass is 276 g/mol. The number of anilines is 2. The van der Waals surface area contributed by atoms with E-state index in [-0.39, 0.29) is 5.54 Å². The Morgan fingerprint density at radius 2 is 2.05 bits per heavy atom. The Morgan fingerprint density at radius 1 is 1.25 bits per heavy atom. The molecular weight excluding hydrogens is 248 g/mol. The number of nitrogens with zero attached hydrogens (tertiary/aromatic N) is 3. The molecule has 2 heterocycles. The molecule has 1 saturated heterocycles. The average Bonchev–Trinajstić information content (AvgIpc) is 2.77. The molecule has 1 N–H and O–H groups in total.